The van der Waals surface area contributed by atoms with Crippen LogP contribution in [0.25, 0.3) is 0 Å². The molecule has 0 aliphatic carbocycles. The molecule has 1 saturated heterocycles. The molecule has 1 rings (SSSR count). The predicted molar refractivity (Wildman–Crippen MR) is 113 cm³/mol. The monoisotopic (exact) mass is 452 g/mol. The van der Waals surface area contributed by atoms with Crippen LogP contribution in [0, 0.1) is 5.41 Å². The van der Waals surface area contributed by atoms with Gasteiger partial charge in [-0.25, -0.2) is 4.99 Å². The van der Waals surface area contributed by atoms with E-state index < -0.39 is 0 Å². The van der Waals surface area contributed by atoms with Gasteiger partial charge in [0.25, 0.3) is 0 Å². The maximum Gasteiger partial charge on any atom is 0.244 e. The number of likely N-dealkylation sites (tertiary alicyclic amines) is 1. The lowest BCUT2D eigenvalue weighted by Gasteiger charge is -2.26. The number of carbonyl (C=O) groups excluding carboxylic acids is 1. The van der Waals surface area contributed by atoms with Crippen LogP contribution in [0.4, 0.5) is 0 Å². The number of guanidine groups is 1. The third kappa shape index (κ3) is 10.4. The molecule has 0 bridgehead atoms. The van der Waals surface area contributed by atoms with E-state index in [-0.39, 0.29) is 36.4 Å². The van der Waals surface area contributed by atoms with E-state index in [1.54, 1.807) is 0 Å². The molecule has 1 aliphatic heterocycles. The van der Waals surface area contributed by atoms with Gasteiger partial charge in [0.05, 0.1) is 0 Å². The number of halogens is 1. The van der Waals surface area contributed by atoms with Crippen molar-refractivity contribution in [3.05, 3.63) is 0 Å². The second-order valence-electron chi connectivity index (χ2n) is 7.78. The van der Waals surface area contributed by atoms with E-state index in [1.807, 2.05) is 11.8 Å². The van der Waals surface area contributed by atoms with Gasteiger partial charge in [-0.15, -0.1) is 24.0 Å². The highest BCUT2D eigenvalue weighted by Gasteiger charge is 2.17. The number of carbonyl (C=O) groups is 1. The molecule has 1 heterocycles. The summed E-state index contributed by atoms with van der Waals surface area (Å²) in [5.74, 6) is 0.892. The smallest absolute Gasteiger partial charge is 0.244 e. The molecule has 1 atom stereocenters. The Morgan fingerprint density at radius 3 is 2.38 bits per heavy atom. The van der Waals surface area contributed by atoms with Gasteiger partial charge in [-0.1, -0.05) is 20.8 Å². The molecule has 0 aromatic carbocycles. The molecule has 0 spiro atoms. The molecule has 5 nitrogen and oxygen atoms in total. The Labute approximate surface area is 165 Å². The van der Waals surface area contributed by atoms with E-state index in [1.165, 1.54) is 6.42 Å². The quantitative estimate of drug-likeness (QED) is 0.369. The van der Waals surface area contributed by atoms with Crippen molar-refractivity contribution in [3.8, 4) is 0 Å². The minimum Gasteiger partial charge on any atom is -0.357 e. The van der Waals surface area contributed by atoms with Gasteiger partial charge in [0.15, 0.2) is 5.96 Å². The Morgan fingerprint density at radius 2 is 1.83 bits per heavy atom. The van der Waals surface area contributed by atoms with Crippen molar-refractivity contribution in [3.63, 3.8) is 0 Å². The Bertz CT molecular complexity index is 387. The van der Waals surface area contributed by atoms with Crippen LogP contribution in [0.3, 0.4) is 0 Å². The summed E-state index contributed by atoms with van der Waals surface area (Å²) >= 11 is 0. The Kier molecular flexibility index (Phi) is 11.7. The van der Waals surface area contributed by atoms with Crippen LogP contribution in [0.5, 0.6) is 0 Å². The van der Waals surface area contributed by atoms with Crippen LogP contribution in [0.2, 0.25) is 0 Å². The maximum absolute atomic E-state index is 12.2. The lowest BCUT2D eigenvalue weighted by molar-refractivity contribution is -0.130. The van der Waals surface area contributed by atoms with Crippen LogP contribution in [-0.4, -0.2) is 49.0 Å². The highest BCUT2D eigenvalue weighted by Crippen LogP contribution is 2.21. The van der Waals surface area contributed by atoms with Crippen molar-refractivity contribution >= 4 is 35.8 Å². The topological polar surface area (TPSA) is 56.7 Å². The fraction of sp³-hybridized carbons (Fsp3) is 0.889. The predicted octanol–water partition coefficient (Wildman–Crippen LogP) is 3.39. The molecule has 0 aromatic rings. The Balaban J connectivity index is 0.00000529. The summed E-state index contributed by atoms with van der Waals surface area (Å²) in [4.78, 5) is 18.6. The van der Waals surface area contributed by atoms with E-state index in [2.05, 4.69) is 43.3 Å². The normalized spacial score (nSPS) is 17.0. The zero-order valence-electron chi connectivity index (χ0n) is 16.2. The molecule has 0 radical (unpaired) electrons. The van der Waals surface area contributed by atoms with Gasteiger partial charge in [0.2, 0.25) is 5.91 Å². The molecule has 2 N–H and O–H groups in total. The van der Waals surface area contributed by atoms with Crippen molar-refractivity contribution in [2.75, 3.05) is 26.2 Å². The van der Waals surface area contributed by atoms with Crippen LogP contribution in [-0.2, 0) is 4.79 Å². The van der Waals surface area contributed by atoms with Crippen LogP contribution in [0.1, 0.15) is 66.7 Å². The lowest BCUT2D eigenvalue weighted by atomic mass is 9.89. The van der Waals surface area contributed by atoms with E-state index in [0.29, 0.717) is 11.5 Å². The third-order valence-corrected chi connectivity index (χ3v) is 4.14. The maximum atomic E-state index is 12.2. The molecule has 0 aromatic heterocycles. The first-order valence-electron chi connectivity index (χ1n) is 9.14. The molecule has 142 valence electrons. The first-order valence-corrected chi connectivity index (χ1v) is 9.14. The summed E-state index contributed by atoms with van der Waals surface area (Å²) < 4.78 is 0. The summed E-state index contributed by atoms with van der Waals surface area (Å²) in [7, 11) is 0. The zero-order valence-corrected chi connectivity index (χ0v) is 18.5. The third-order valence-electron chi connectivity index (χ3n) is 4.14. The summed E-state index contributed by atoms with van der Waals surface area (Å²) in [5.41, 5.74) is 0.343. The van der Waals surface area contributed by atoms with E-state index in [9.17, 15) is 4.79 Å². The minimum atomic E-state index is 0. The van der Waals surface area contributed by atoms with Gasteiger partial charge in [-0.3, -0.25) is 4.79 Å². The van der Waals surface area contributed by atoms with Crippen molar-refractivity contribution in [1.82, 2.24) is 15.5 Å². The van der Waals surface area contributed by atoms with Gasteiger partial charge < -0.3 is 15.5 Å². The highest BCUT2D eigenvalue weighted by atomic mass is 127. The first kappa shape index (κ1) is 23.5. The van der Waals surface area contributed by atoms with E-state index >= 15 is 0 Å². The molecule has 6 heteroatoms. The largest absolute Gasteiger partial charge is 0.357 e. The van der Waals surface area contributed by atoms with Gasteiger partial charge >= 0.3 is 0 Å². The summed E-state index contributed by atoms with van der Waals surface area (Å²) in [5, 5.41) is 6.65. The van der Waals surface area contributed by atoms with Gasteiger partial charge in [0, 0.05) is 25.7 Å². The average molecular weight is 452 g/mol. The second kappa shape index (κ2) is 11.9. The molecular weight excluding hydrogens is 415 g/mol. The molecule has 0 saturated carbocycles. The lowest BCUT2D eigenvalue weighted by Crippen LogP contribution is -2.43. The first-order chi connectivity index (χ1) is 10.8. The number of hydrogen-bond donors (Lipinski definition) is 2. The number of rotatable bonds is 6. The van der Waals surface area contributed by atoms with Gasteiger partial charge in [0.1, 0.15) is 6.54 Å². The van der Waals surface area contributed by atoms with Crippen molar-refractivity contribution in [2.45, 2.75) is 72.8 Å². The average Bonchev–Trinajstić information content (AvgIpc) is 2.51. The zero-order chi connectivity index (χ0) is 17.3. The van der Waals surface area contributed by atoms with Crippen molar-refractivity contribution in [2.24, 2.45) is 10.4 Å². The summed E-state index contributed by atoms with van der Waals surface area (Å²) in [6.45, 7) is 13.8. The molecule has 24 heavy (non-hydrogen) atoms. The number of nitrogens with zero attached hydrogens (tertiary/aromatic N) is 2. The van der Waals surface area contributed by atoms with Crippen LogP contribution < -0.4 is 10.6 Å². The van der Waals surface area contributed by atoms with Gasteiger partial charge in [-0.05, 0) is 51.4 Å². The number of amides is 1. The molecule has 1 fully saturated rings. The van der Waals surface area contributed by atoms with Crippen molar-refractivity contribution in [1.29, 1.82) is 0 Å². The van der Waals surface area contributed by atoms with Crippen LogP contribution >= 0.6 is 24.0 Å². The number of piperidine rings is 1. The second-order valence-corrected chi connectivity index (χ2v) is 7.78. The molecule has 1 amide bonds. The highest BCUT2D eigenvalue weighted by molar-refractivity contribution is 14.0. The molecule has 1 unspecified atom stereocenters. The fourth-order valence-electron chi connectivity index (χ4n) is 2.67. The number of aliphatic imine (C=N–C) groups is 1. The standard InChI is InChI=1S/C18H36N4O.HI/c1-6-19-17(21-15(2)10-11-18(3,4)5)20-14-16(23)22-12-8-7-9-13-22;/h15H,6-14H2,1-5H3,(H2,19,20,21);1H. The molecule has 1 aliphatic rings. The van der Waals surface area contributed by atoms with Gasteiger partial charge in [-0.2, -0.15) is 0 Å². The van der Waals surface area contributed by atoms with E-state index in [0.717, 1.165) is 51.3 Å². The van der Waals surface area contributed by atoms with Crippen molar-refractivity contribution < 1.29 is 4.79 Å². The number of hydrogen-bond acceptors (Lipinski definition) is 2. The summed E-state index contributed by atoms with van der Waals surface area (Å²) in [6.07, 6.45) is 5.74. The Morgan fingerprint density at radius 1 is 1.21 bits per heavy atom. The minimum absolute atomic E-state index is 0. The van der Waals surface area contributed by atoms with Crippen LogP contribution in [0.15, 0.2) is 4.99 Å². The SMILES string of the molecule is CCNC(=NCC(=O)N1CCCCC1)NC(C)CCC(C)(C)C.I. The summed E-state index contributed by atoms with van der Waals surface area (Å²) in [6, 6.07) is 0.345. The fourth-order valence-corrected chi connectivity index (χ4v) is 2.67. The molecular formula is C18H37IN4O. The number of nitrogens with one attached hydrogen (secondary N) is 2. The van der Waals surface area contributed by atoms with E-state index in [4.69, 9.17) is 0 Å². The Hall–Kier alpha value is -0.530.